The molecular formula is C32H32ClN3O4S. The van der Waals surface area contributed by atoms with Crippen LogP contribution in [0.1, 0.15) is 49.2 Å². The third-order valence-corrected chi connectivity index (χ3v) is 8.17. The van der Waals surface area contributed by atoms with Crippen molar-refractivity contribution in [2.75, 3.05) is 27.3 Å². The molecule has 1 saturated heterocycles. The number of halogens is 1. The highest BCUT2D eigenvalue weighted by molar-refractivity contribution is 7.13. The van der Waals surface area contributed by atoms with Gasteiger partial charge in [0.1, 0.15) is 22.2 Å². The summed E-state index contributed by atoms with van der Waals surface area (Å²) in [5, 5.41) is 3.05. The molecule has 1 amide bonds. The van der Waals surface area contributed by atoms with E-state index in [1.54, 1.807) is 55.2 Å². The molecule has 4 aromatic rings. The maximum atomic E-state index is 14.5. The first-order valence-electron chi connectivity index (χ1n) is 13.5. The summed E-state index contributed by atoms with van der Waals surface area (Å²) in [6.07, 6.45) is 4.87. The Labute approximate surface area is 248 Å². The van der Waals surface area contributed by atoms with Crippen molar-refractivity contribution in [3.8, 4) is 39.0 Å². The first-order chi connectivity index (χ1) is 19.8. The lowest BCUT2D eigenvalue weighted by Gasteiger charge is -2.28. The van der Waals surface area contributed by atoms with Gasteiger partial charge in [0.2, 0.25) is 0 Å². The molecule has 2 aromatic carbocycles. The van der Waals surface area contributed by atoms with Crippen LogP contribution in [0.2, 0.25) is 5.02 Å². The van der Waals surface area contributed by atoms with Gasteiger partial charge in [0.15, 0.2) is 0 Å². The summed E-state index contributed by atoms with van der Waals surface area (Å²) >= 11 is 7.44. The number of allylic oxidation sites excluding steroid dienone is 1. The third kappa shape index (κ3) is 5.80. The highest BCUT2D eigenvalue weighted by atomic mass is 35.5. The fourth-order valence-electron chi connectivity index (χ4n) is 5.06. The van der Waals surface area contributed by atoms with E-state index in [-0.39, 0.29) is 11.5 Å². The molecule has 0 bridgehead atoms. The van der Waals surface area contributed by atoms with Crippen LogP contribution in [-0.4, -0.2) is 47.7 Å². The van der Waals surface area contributed by atoms with Crippen molar-refractivity contribution < 1.29 is 14.3 Å². The molecule has 0 radical (unpaired) electrons. The van der Waals surface area contributed by atoms with Gasteiger partial charge in [-0.15, -0.1) is 11.3 Å². The number of ether oxygens (including phenoxy) is 2. The van der Waals surface area contributed by atoms with Gasteiger partial charge in [-0.05, 0) is 69.5 Å². The first-order valence-corrected chi connectivity index (χ1v) is 14.8. The highest BCUT2D eigenvalue weighted by Crippen LogP contribution is 2.36. The molecule has 9 heteroatoms. The van der Waals surface area contributed by atoms with E-state index < -0.39 is 0 Å². The molecule has 5 rings (SSSR count). The molecule has 1 aliphatic rings. The average molecular weight is 590 g/mol. The summed E-state index contributed by atoms with van der Waals surface area (Å²) in [6, 6.07) is 14.5. The van der Waals surface area contributed by atoms with Gasteiger partial charge in [0.05, 0.1) is 36.7 Å². The van der Waals surface area contributed by atoms with E-state index in [2.05, 4.69) is 0 Å². The van der Waals surface area contributed by atoms with E-state index in [9.17, 15) is 9.59 Å². The Bertz CT molecular complexity index is 1640. The topological polar surface area (TPSA) is 73.7 Å². The number of para-hydroxylation sites is 1. The van der Waals surface area contributed by atoms with E-state index in [1.807, 2.05) is 42.3 Å². The van der Waals surface area contributed by atoms with Gasteiger partial charge < -0.3 is 14.4 Å². The third-order valence-electron chi connectivity index (χ3n) is 7.04. The molecule has 1 aliphatic heterocycles. The van der Waals surface area contributed by atoms with Gasteiger partial charge >= 0.3 is 0 Å². The van der Waals surface area contributed by atoms with Crippen LogP contribution in [-0.2, 0) is 0 Å². The molecule has 1 fully saturated rings. The molecule has 0 aliphatic carbocycles. The number of hydrogen-bond acceptors (Lipinski definition) is 6. The average Bonchev–Trinajstić information content (AvgIpc) is 3.47. The van der Waals surface area contributed by atoms with Crippen molar-refractivity contribution in [2.24, 2.45) is 0 Å². The largest absolute Gasteiger partial charge is 0.494 e. The number of benzene rings is 2. The zero-order valence-electron chi connectivity index (χ0n) is 23.6. The van der Waals surface area contributed by atoms with Crippen molar-refractivity contribution in [3.05, 3.63) is 86.1 Å². The number of methoxy groups -OCH3 is 2. The second kappa shape index (κ2) is 12.3. The molecule has 0 spiro atoms. The fourth-order valence-corrected chi connectivity index (χ4v) is 6.02. The Morgan fingerprint density at radius 3 is 2.27 bits per heavy atom. The number of aromatic nitrogens is 2. The van der Waals surface area contributed by atoms with E-state index in [4.69, 9.17) is 26.1 Å². The van der Waals surface area contributed by atoms with Crippen LogP contribution in [0.15, 0.2) is 64.3 Å². The van der Waals surface area contributed by atoms with Crippen LogP contribution in [0.4, 0.5) is 0 Å². The Morgan fingerprint density at radius 1 is 1.00 bits per heavy atom. The predicted molar refractivity (Wildman–Crippen MR) is 166 cm³/mol. The van der Waals surface area contributed by atoms with E-state index in [1.165, 1.54) is 11.3 Å². The number of thiazole rings is 1. The molecule has 2 aromatic heterocycles. The Balaban J connectivity index is 1.82. The minimum absolute atomic E-state index is 0.115. The lowest BCUT2D eigenvalue weighted by molar-refractivity contribution is 0.0723. The summed E-state index contributed by atoms with van der Waals surface area (Å²) < 4.78 is 13.0. The minimum Gasteiger partial charge on any atom is -0.494 e. The number of rotatable bonds is 7. The van der Waals surface area contributed by atoms with E-state index in [0.29, 0.717) is 57.1 Å². The molecule has 0 saturated carbocycles. The van der Waals surface area contributed by atoms with Crippen LogP contribution in [0.5, 0.6) is 11.5 Å². The number of carbonyl (C=O) groups is 1. The SMILES string of the molecule is COc1cccc(OC)c1-n1c(C=C(C)C)c(C(=O)N2CCCCC2)cc(-c2nc(-c3ccc(Cl)cc3)cs2)c1=O. The van der Waals surface area contributed by atoms with Gasteiger partial charge in [0, 0.05) is 29.1 Å². The predicted octanol–water partition coefficient (Wildman–Crippen LogP) is 7.35. The Hall–Kier alpha value is -3.88. The number of amides is 1. The number of hydrogen-bond donors (Lipinski definition) is 0. The molecule has 7 nitrogen and oxygen atoms in total. The van der Waals surface area contributed by atoms with Gasteiger partial charge in [-0.2, -0.15) is 0 Å². The molecular weight excluding hydrogens is 558 g/mol. The number of piperidine rings is 1. The second-order valence-corrected chi connectivity index (χ2v) is 11.4. The minimum atomic E-state index is -0.326. The van der Waals surface area contributed by atoms with E-state index >= 15 is 0 Å². The zero-order chi connectivity index (χ0) is 29.1. The molecule has 41 heavy (non-hydrogen) atoms. The van der Waals surface area contributed by atoms with Gasteiger partial charge in [-0.1, -0.05) is 35.4 Å². The zero-order valence-corrected chi connectivity index (χ0v) is 25.1. The van der Waals surface area contributed by atoms with Gasteiger partial charge in [-0.3, -0.25) is 14.2 Å². The van der Waals surface area contributed by atoms with Crippen LogP contribution in [0, 0.1) is 0 Å². The second-order valence-electron chi connectivity index (χ2n) is 10.1. The summed E-state index contributed by atoms with van der Waals surface area (Å²) in [4.78, 5) is 35.3. The number of nitrogens with zero attached hydrogens (tertiary/aromatic N) is 3. The Morgan fingerprint density at radius 2 is 1.66 bits per heavy atom. The molecule has 0 N–H and O–H groups in total. The van der Waals surface area contributed by atoms with Crippen LogP contribution in [0.3, 0.4) is 0 Å². The molecule has 0 unspecified atom stereocenters. The standard InChI is InChI=1S/C32H32ClN3O4S/c1-20(2)17-26-23(31(37)35-15-6-5-7-16-35)18-24(30-34-25(19-41-30)21-11-13-22(33)14-12-21)32(38)36(26)29-27(39-3)9-8-10-28(29)40-4/h8-14,17-19H,5-7,15-16H2,1-4H3. The van der Waals surface area contributed by atoms with Gasteiger partial charge in [-0.25, -0.2) is 4.98 Å². The van der Waals surface area contributed by atoms with Crippen LogP contribution in [0.25, 0.3) is 33.6 Å². The molecule has 3 heterocycles. The first kappa shape index (κ1) is 28.6. The lowest BCUT2D eigenvalue weighted by Crippen LogP contribution is -2.37. The van der Waals surface area contributed by atoms with Crippen LogP contribution < -0.4 is 15.0 Å². The number of carbonyl (C=O) groups excluding carboxylic acids is 1. The number of likely N-dealkylation sites (tertiary alicyclic amines) is 1. The van der Waals surface area contributed by atoms with Crippen molar-refractivity contribution in [3.63, 3.8) is 0 Å². The van der Waals surface area contributed by atoms with E-state index in [0.717, 1.165) is 36.1 Å². The maximum Gasteiger partial charge on any atom is 0.266 e. The summed E-state index contributed by atoms with van der Waals surface area (Å²) in [5.74, 6) is 0.782. The summed E-state index contributed by atoms with van der Waals surface area (Å²) in [7, 11) is 3.10. The monoisotopic (exact) mass is 589 g/mol. The normalized spacial score (nSPS) is 13.1. The summed E-state index contributed by atoms with van der Waals surface area (Å²) in [5.41, 5.74) is 3.88. The van der Waals surface area contributed by atoms with Crippen molar-refractivity contribution in [1.29, 1.82) is 0 Å². The summed E-state index contributed by atoms with van der Waals surface area (Å²) in [6.45, 7) is 5.24. The van der Waals surface area contributed by atoms with Crippen molar-refractivity contribution in [2.45, 2.75) is 33.1 Å². The fraction of sp³-hybridized carbons (Fsp3) is 0.281. The lowest BCUT2D eigenvalue weighted by atomic mass is 10.0. The quantitative estimate of drug-likeness (QED) is 0.225. The maximum absolute atomic E-state index is 14.5. The Kier molecular flexibility index (Phi) is 8.61. The van der Waals surface area contributed by atoms with Gasteiger partial charge in [0.25, 0.3) is 11.5 Å². The molecule has 212 valence electrons. The number of pyridine rings is 1. The smallest absolute Gasteiger partial charge is 0.266 e. The molecule has 0 atom stereocenters. The van der Waals surface area contributed by atoms with Crippen molar-refractivity contribution in [1.82, 2.24) is 14.5 Å². The van der Waals surface area contributed by atoms with Crippen molar-refractivity contribution >= 4 is 34.9 Å². The highest BCUT2D eigenvalue weighted by Gasteiger charge is 2.28. The van der Waals surface area contributed by atoms with Crippen LogP contribution >= 0.6 is 22.9 Å².